The molecule has 0 unspecified atom stereocenters. The number of nitrogens with zero attached hydrogens (tertiary/aromatic N) is 2. The molecule has 0 aromatic heterocycles. The Balaban J connectivity index is 1.58. The Hall–Kier alpha value is -3.12. The lowest BCUT2D eigenvalue weighted by Crippen LogP contribution is -2.46. The fourth-order valence-corrected chi connectivity index (χ4v) is 6.21. The summed E-state index contributed by atoms with van der Waals surface area (Å²) < 4.78 is 28.4. The van der Waals surface area contributed by atoms with Crippen LogP contribution < -0.4 is 9.21 Å². The standard InChI is InChI=1S/C25H24N2O3S/c1-2-18-13-14-23-21(16-18)20-10-4-6-12-24(20)31(29,30)27(23)17-25(28)26-15-7-9-19-8-3-5-11-22(19)26/h3-6,8,10-14,16H,2,7,9,15,17H2,1H3. The van der Waals surface area contributed by atoms with Gasteiger partial charge in [0.05, 0.1) is 10.6 Å². The van der Waals surface area contributed by atoms with Crippen LogP contribution in [0.3, 0.4) is 0 Å². The summed E-state index contributed by atoms with van der Waals surface area (Å²) in [6.45, 7) is 2.45. The summed E-state index contributed by atoms with van der Waals surface area (Å²) in [5.41, 5.74) is 5.26. The molecule has 0 aliphatic carbocycles. The van der Waals surface area contributed by atoms with Gasteiger partial charge in [-0.2, -0.15) is 0 Å². The maximum absolute atomic E-state index is 13.5. The van der Waals surface area contributed by atoms with Crippen LogP contribution in [0.25, 0.3) is 11.1 Å². The van der Waals surface area contributed by atoms with Crippen LogP contribution in [-0.2, 0) is 27.7 Å². The van der Waals surface area contributed by atoms with Crippen LogP contribution in [-0.4, -0.2) is 27.4 Å². The first-order chi connectivity index (χ1) is 15.0. The third-order valence-electron chi connectivity index (χ3n) is 6.17. The predicted octanol–water partition coefficient (Wildman–Crippen LogP) is 4.40. The van der Waals surface area contributed by atoms with Crippen molar-refractivity contribution in [2.24, 2.45) is 0 Å². The third kappa shape index (κ3) is 3.22. The summed E-state index contributed by atoms with van der Waals surface area (Å²) in [7, 11) is -3.84. The highest BCUT2D eigenvalue weighted by atomic mass is 32.2. The van der Waals surface area contributed by atoms with E-state index in [0.29, 0.717) is 17.8 Å². The van der Waals surface area contributed by atoms with E-state index in [0.717, 1.165) is 41.6 Å². The van der Waals surface area contributed by atoms with Gasteiger partial charge in [0, 0.05) is 23.4 Å². The Morgan fingerprint density at radius 1 is 0.935 bits per heavy atom. The molecule has 0 spiro atoms. The number of hydrogen-bond donors (Lipinski definition) is 0. The fraction of sp³-hybridized carbons (Fsp3) is 0.240. The highest BCUT2D eigenvalue weighted by Gasteiger charge is 2.37. The van der Waals surface area contributed by atoms with Crippen LogP contribution in [0.5, 0.6) is 0 Å². The Bertz CT molecular complexity index is 1280. The van der Waals surface area contributed by atoms with Crippen molar-refractivity contribution in [3.05, 3.63) is 77.9 Å². The lowest BCUT2D eigenvalue weighted by atomic mass is 9.99. The average Bonchev–Trinajstić information content (AvgIpc) is 2.81. The third-order valence-corrected chi connectivity index (χ3v) is 7.99. The van der Waals surface area contributed by atoms with Crippen molar-refractivity contribution in [3.63, 3.8) is 0 Å². The van der Waals surface area contributed by atoms with E-state index in [9.17, 15) is 13.2 Å². The maximum atomic E-state index is 13.5. The van der Waals surface area contributed by atoms with Gasteiger partial charge in [-0.15, -0.1) is 0 Å². The first-order valence-corrected chi connectivity index (χ1v) is 12.1. The van der Waals surface area contributed by atoms with Crippen molar-refractivity contribution >= 4 is 27.3 Å². The number of carbonyl (C=O) groups is 1. The van der Waals surface area contributed by atoms with Crippen molar-refractivity contribution in [2.45, 2.75) is 31.1 Å². The molecule has 0 radical (unpaired) electrons. The summed E-state index contributed by atoms with van der Waals surface area (Å²) in [5.74, 6) is -0.208. The molecule has 3 aromatic rings. The molecule has 1 amide bonds. The predicted molar refractivity (Wildman–Crippen MR) is 123 cm³/mol. The summed E-state index contributed by atoms with van der Waals surface area (Å²) in [4.78, 5) is 15.4. The molecule has 0 bridgehead atoms. The normalized spacial score (nSPS) is 16.3. The first kappa shape index (κ1) is 19.8. The maximum Gasteiger partial charge on any atom is 0.265 e. The molecular formula is C25H24N2O3S. The lowest BCUT2D eigenvalue weighted by Gasteiger charge is -2.35. The van der Waals surface area contributed by atoms with Gasteiger partial charge in [0.1, 0.15) is 6.54 Å². The second-order valence-electron chi connectivity index (χ2n) is 7.99. The zero-order valence-electron chi connectivity index (χ0n) is 17.4. The molecule has 5 nitrogen and oxygen atoms in total. The van der Waals surface area contributed by atoms with Crippen molar-refractivity contribution in [1.82, 2.24) is 0 Å². The molecule has 5 rings (SSSR count). The molecule has 0 N–H and O–H groups in total. The van der Waals surface area contributed by atoms with Gasteiger partial charge in [-0.25, -0.2) is 8.42 Å². The van der Waals surface area contributed by atoms with E-state index in [2.05, 4.69) is 6.92 Å². The summed E-state index contributed by atoms with van der Waals surface area (Å²) in [6, 6.07) is 20.7. The topological polar surface area (TPSA) is 57.7 Å². The molecule has 0 saturated heterocycles. The molecule has 3 aromatic carbocycles. The number of fused-ring (bicyclic) bond motifs is 4. The van der Waals surface area contributed by atoms with Crippen LogP contribution >= 0.6 is 0 Å². The molecule has 2 aliphatic heterocycles. The monoisotopic (exact) mass is 432 g/mol. The van der Waals surface area contributed by atoms with Crippen molar-refractivity contribution < 1.29 is 13.2 Å². The van der Waals surface area contributed by atoms with E-state index in [1.807, 2.05) is 54.6 Å². The zero-order valence-corrected chi connectivity index (χ0v) is 18.2. The van der Waals surface area contributed by atoms with Gasteiger partial charge in [0.25, 0.3) is 10.0 Å². The Morgan fingerprint density at radius 2 is 1.71 bits per heavy atom. The summed E-state index contributed by atoms with van der Waals surface area (Å²) in [6.07, 6.45) is 2.65. The Labute approximate surface area is 183 Å². The van der Waals surface area contributed by atoms with E-state index >= 15 is 0 Å². The van der Waals surface area contributed by atoms with Gasteiger partial charge >= 0.3 is 0 Å². The highest BCUT2D eigenvalue weighted by Crippen LogP contribution is 2.43. The molecule has 2 heterocycles. The van der Waals surface area contributed by atoms with Crippen LogP contribution in [0.15, 0.2) is 71.6 Å². The zero-order chi connectivity index (χ0) is 21.6. The van der Waals surface area contributed by atoms with E-state index in [4.69, 9.17) is 0 Å². The lowest BCUT2D eigenvalue weighted by molar-refractivity contribution is -0.117. The van der Waals surface area contributed by atoms with Gasteiger partial charge < -0.3 is 4.90 Å². The van der Waals surface area contributed by atoms with Crippen LogP contribution in [0, 0.1) is 0 Å². The van der Waals surface area contributed by atoms with Crippen molar-refractivity contribution in [3.8, 4) is 11.1 Å². The van der Waals surface area contributed by atoms with Crippen LogP contribution in [0.2, 0.25) is 0 Å². The average molecular weight is 433 g/mol. The van der Waals surface area contributed by atoms with Crippen LogP contribution in [0.1, 0.15) is 24.5 Å². The molecule has 158 valence electrons. The molecule has 0 fully saturated rings. The number of para-hydroxylation sites is 1. The Kier molecular flexibility index (Phi) is 4.82. The van der Waals surface area contributed by atoms with E-state index in [1.165, 1.54) is 4.31 Å². The number of aryl methyl sites for hydroxylation is 2. The van der Waals surface area contributed by atoms with Gasteiger partial charge in [-0.05, 0) is 54.7 Å². The largest absolute Gasteiger partial charge is 0.311 e. The van der Waals surface area contributed by atoms with Gasteiger partial charge in [0.2, 0.25) is 5.91 Å². The minimum Gasteiger partial charge on any atom is -0.311 e. The second kappa shape index (κ2) is 7.54. The SMILES string of the molecule is CCc1ccc2c(c1)-c1ccccc1S(=O)(=O)N2CC(=O)N1CCCc2ccccc21. The number of carbonyl (C=O) groups excluding carboxylic acids is 1. The number of amides is 1. The minimum absolute atomic E-state index is 0.208. The molecule has 6 heteroatoms. The van der Waals surface area contributed by atoms with E-state index in [-0.39, 0.29) is 17.3 Å². The van der Waals surface area contributed by atoms with Crippen molar-refractivity contribution in [1.29, 1.82) is 0 Å². The molecule has 2 aliphatic rings. The number of sulfonamides is 1. The number of benzene rings is 3. The number of hydrogen-bond acceptors (Lipinski definition) is 3. The van der Waals surface area contributed by atoms with Gasteiger partial charge in [-0.1, -0.05) is 49.4 Å². The number of rotatable bonds is 3. The van der Waals surface area contributed by atoms with Crippen molar-refractivity contribution in [2.75, 3.05) is 22.3 Å². The van der Waals surface area contributed by atoms with Gasteiger partial charge in [-0.3, -0.25) is 9.10 Å². The number of anilines is 2. The molecule has 0 saturated carbocycles. The fourth-order valence-electron chi connectivity index (χ4n) is 4.57. The van der Waals surface area contributed by atoms with Gasteiger partial charge in [0.15, 0.2) is 0 Å². The first-order valence-electron chi connectivity index (χ1n) is 10.6. The second-order valence-corrected chi connectivity index (χ2v) is 9.82. The van der Waals surface area contributed by atoms with Crippen LogP contribution in [0.4, 0.5) is 11.4 Å². The van der Waals surface area contributed by atoms with E-state index < -0.39 is 10.0 Å². The molecule has 31 heavy (non-hydrogen) atoms. The van der Waals surface area contributed by atoms with E-state index in [1.54, 1.807) is 17.0 Å². The Morgan fingerprint density at radius 3 is 2.55 bits per heavy atom. The molecule has 0 atom stereocenters. The summed E-state index contributed by atoms with van der Waals surface area (Å²) >= 11 is 0. The minimum atomic E-state index is -3.84. The smallest absolute Gasteiger partial charge is 0.265 e. The quantitative estimate of drug-likeness (QED) is 0.616. The molecular weight excluding hydrogens is 408 g/mol. The summed E-state index contributed by atoms with van der Waals surface area (Å²) in [5, 5.41) is 0. The highest BCUT2D eigenvalue weighted by molar-refractivity contribution is 7.93.